The average molecular weight is 514 g/mol. The Bertz CT molecular complexity index is 1510. The number of carbonyl (C=O) groups is 4. The fourth-order valence-electron chi connectivity index (χ4n) is 3.74. The third-order valence-corrected chi connectivity index (χ3v) is 5.86. The smallest absolute Gasteiger partial charge is 0.335 e. The summed E-state index contributed by atoms with van der Waals surface area (Å²) in [5.74, 6) is -2.10. The van der Waals surface area contributed by atoms with Crippen LogP contribution >= 0.6 is 0 Å². The summed E-state index contributed by atoms with van der Waals surface area (Å²) in [4.78, 5) is 61.8. The molecule has 38 heavy (non-hydrogen) atoms. The highest BCUT2D eigenvalue weighted by Gasteiger charge is 2.37. The van der Waals surface area contributed by atoms with Gasteiger partial charge in [0.1, 0.15) is 11.3 Å². The van der Waals surface area contributed by atoms with Gasteiger partial charge in [-0.3, -0.25) is 29.8 Å². The first-order valence-corrected chi connectivity index (χ1v) is 11.4. The average Bonchev–Trinajstić information content (AvgIpc) is 2.88. The van der Waals surface area contributed by atoms with Crippen molar-refractivity contribution in [3.63, 3.8) is 0 Å². The van der Waals surface area contributed by atoms with E-state index in [1.165, 1.54) is 24.3 Å². The van der Waals surface area contributed by atoms with Gasteiger partial charge in [0.25, 0.3) is 23.4 Å². The third-order valence-electron chi connectivity index (χ3n) is 5.86. The van der Waals surface area contributed by atoms with Gasteiger partial charge < -0.3 is 10.1 Å². The molecule has 192 valence electrons. The van der Waals surface area contributed by atoms with E-state index in [0.29, 0.717) is 16.2 Å². The zero-order valence-corrected chi connectivity index (χ0v) is 20.4. The lowest BCUT2D eigenvalue weighted by atomic mass is 10.1. The van der Waals surface area contributed by atoms with E-state index in [9.17, 15) is 29.3 Å². The number of amides is 5. The van der Waals surface area contributed by atoms with Crippen molar-refractivity contribution in [1.82, 2.24) is 5.32 Å². The number of urea groups is 1. The third kappa shape index (κ3) is 5.41. The molecule has 1 saturated heterocycles. The largest absolute Gasteiger partial charge is 0.483 e. The number of imide groups is 2. The summed E-state index contributed by atoms with van der Waals surface area (Å²) < 4.78 is 5.67. The fourth-order valence-corrected chi connectivity index (χ4v) is 3.74. The predicted octanol–water partition coefficient (Wildman–Crippen LogP) is 3.90. The van der Waals surface area contributed by atoms with E-state index in [2.05, 4.69) is 10.6 Å². The molecular weight excluding hydrogens is 492 g/mol. The van der Waals surface area contributed by atoms with Gasteiger partial charge in [-0.1, -0.05) is 36.4 Å². The second-order valence-corrected chi connectivity index (χ2v) is 8.36. The van der Waals surface area contributed by atoms with Gasteiger partial charge >= 0.3 is 6.03 Å². The van der Waals surface area contributed by atoms with Gasteiger partial charge in [-0.25, -0.2) is 9.69 Å². The van der Waals surface area contributed by atoms with Gasteiger partial charge in [0.15, 0.2) is 6.61 Å². The van der Waals surface area contributed by atoms with E-state index in [1.807, 2.05) is 26.0 Å². The summed E-state index contributed by atoms with van der Waals surface area (Å²) in [6, 6.07) is 15.8. The van der Waals surface area contributed by atoms with Gasteiger partial charge in [-0.05, 0) is 49.2 Å². The van der Waals surface area contributed by atoms with Crippen LogP contribution in [0.15, 0.2) is 72.3 Å². The maximum atomic E-state index is 13.2. The summed E-state index contributed by atoms with van der Waals surface area (Å²) in [7, 11) is 0. The summed E-state index contributed by atoms with van der Waals surface area (Å²) in [5, 5.41) is 16.0. The molecule has 11 nitrogen and oxygen atoms in total. The highest BCUT2D eigenvalue weighted by Crippen LogP contribution is 2.27. The number of rotatable bonds is 7. The van der Waals surface area contributed by atoms with E-state index in [1.54, 1.807) is 30.3 Å². The Balaban J connectivity index is 1.57. The highest BCUT2D eigenvalue weighted by atomic mass is 16.6. The van der Waals surface area contributed by atoms with Crippen molar-refractivity contribution in [2.24, 2.45) is 0 Å². The number of ether oxygens (including phenoxy) is 1. The van der Waals surface area contributed by atoms with Crippen molar-refractivity contribution in [2.75, 3.05) is 16.8 Å². The number of carbonyl (C=O) groups excluding carboxylic acids is 4. The van der Waals surface area contributed by atoms with E-state index in [4.69, 9.17) is 4.74 Å². The molecule has 1 aliphatic heterocycles. The zero-order valence-electron chi connectivity index (χ0n) is 20.4. The fraction of sp³-hybridized carbons (Fsp3) is 0.111. The molecule has 0 radical (unpaired) electrons. The van der Waals surface area contributed by atoms with Crippen LogP contribution in [0, 0.1) is 24.0 Å². The van der Waals surface area contributed by atoms with Crippen LogP contribution in [0.5, 0.6) is 5.75 Å². The van der Waals surface area contributed by atoms with Crippen molar-refractivity contribution in [3.05, 3.63) is 99.1 Å². The van der Waals surface area contributed by atoms with Crippen molar-refractivity contribution < 1.29 is 28.8 Å². The molecule has 0 atom stereocenters. The van der Waals surface area contributed by atoms with Crippen LogP contribution < -0.4 is 20.3 Å². The second-order valence-electron chi connectivity index (χ2n) is 8.36. The zero-order chi connectivity index (χ0) is 27.4. The number of aryl methyl sites for hydroxylation is 1. The Morgan fingerprint density at radius 3 is 2.55 bits per heavy atom. The molecule has 0 saturated carbocycles. The Morgan fingerprint density at radius 2 is 1.79 bits per heavy atom. The standard InChI is InChI=1S/C27H22N4O7/c1-16-7-5-11-22(17(16)2)28-24(32)15-38-23-12-4-3-8-18(23)13-21-25(33)29-27(35)30(26(21)34)19-9-6-10-20(14-19)31(36)37/h3-14H,15H2,1-2H3,(H,28,32)(H,29,33,35)/b21-13-. The van der Waals surface area contributed by atoms with Gasteiger partial charge in [0, 0.05) is 23.4 Å². The molecule has 1 heterocycles. The SMILES string of the molecule is Cc1cccc(NC(=O)COc2ccccc2/C=C2/C(=O)NC(=O)N(c3cccc([N+](=O)[O-])c3)C2=O)c1C. The molecule has 0 aliphatic carbocycles. The number of benzene rings is 3. The second kappa shape index (κ2) is 10.7. The number of nitrogens with one attached hydrogen (secondary N) is 2. The predicted molar refractivity (Wildman–Crippen MR) is 139 cm³/mol. The Hall–Kier alpha value is -5.32. The molecule has 1 fully saturated rings. The number of non-ortho nitro benzene ring substituents is 1. The summed E-state index contributed by atoms with van der Waals surface area (Å²) >= 11 is 0. The van der Waals surface area contributed by atoms with Gasteiger partial charge in [0.2, 0.25) is 0 Å². The lowest BCUT2D eigenvalue weighted by Gasteiger charge is -2.26. The molecule has 3 aromatic carbocycles. The number of nitro groups is 1. The van der Waals surface area contributed by atoms with Crippen LogP contribution in [-0.2, 0) is 14.4 Å². The van der Waals surface area contributed by atoms with Crippen LogP contribution in [-0.4, -0.2) is 35.3 Å². The monoisotopic (exact) mass is 514 g/mol. The topological polar surface area (TPSA) is 148 Å². The number of hydrogen-bond acceptors (Lipinski definition) is 7. The number of anilines is 2. The first-order chi connectivity index (χ1) is 18.2. The quantitative estimate of drug-likeness (QED) is 0.210. The van der Waals surface area contributed by atoms with Crippen molar-refractivity contribution in [3.8, 4) is 5.75 Å². The van der Waals surface area contributed by atoms with Crippen LogP contribution in [0.1, 0.15) is 16.7 Å². The normalized spacial score (nSPS) is 14.3. The maximum absolute atomic E-state index is 13.2. The first kappa shape index (κ1) is 25.8. The molecule has 0 unspecified atom stereocenters. The Labute approximate surface area is 216 Å². The molecule has 0 aromatic heterocycles. The molecule has 1 aliphatic rings. The number of para-hydroxylation sites is 1. The number of nitrogens with zero attached hydrogens (tertiary/aromatic N) is 2. The van der Waals surface area contributed by atoms with Crippen LogP contribution in [0.25, 0.3) is 6.08 Å². The van der Waals surface area contributed by atoms with Crippen molar-refractivity contribution in [1.29, 1.82) is 0 Å². The Morgan fingerprint density at radius 1 is 1.05 bits per heavy atom. The van der Waals surface area contributed by atoms with E-state index < -0.39 is 34.2 Å². The first-order valence-electron chi connectivity index (χ1n) is 11.4. The molecule has 2 N–H and O–H groups in total. The minimum atomic E-state index is -1.04. The molecule has 0 bridgehead atoms. The summed E-state index contributed by atoms with van der Waals surface area (Å²) in [6.07, 6.45) is 1.23. The van der Waals surface area contributed by atoms with E-state index in [-0.39, 0.29) is 23.7 Å². The minimum absolute atomic E-state index is 0.0762. The molecular formula is C27H22N4O7. The highest BCUT2D eigenvalue weighted by molar-refractivity contribution is 6.39. The van der Waals surface area contributed by atoms with Crippen molar-refractivity contribution >= 4 is 46.9 Å². The minimum Gasteiger partial charge on any atom is -0.483 e. The lowest BCUT2D eigenvalue weighted by molar-refractivity contribution is -0.384. The van der Waals surface area contributed by atoms with Crippen LogP contribution in [0.2, 0.25) is 0 Å². The van der Waals surface area contributed by atoms with Gasteiger partial charge in [-0.2, -0.15) is 0 Å². The van der Waals surface area contributed by atoms with E-state index in [0.717, 1.165) is 17.2 Å². The van der Waals surface area contributed by atoms with Gasteiger partial charge in [0.05, 0.1) is 10.6 Å². The molecule has 3 aromatic rings. The number of hydrogen-bond donors (Lipinski definition) is 2. The molecule has 5 amide bonds. The lowest BCUT2D eigenvalue weighted by Crippen LogP contribution is -2.54. The Kier molecular flexibility index (Phi) is 7.28. The number of nitro benzene ring substituents is 1. The van der Waals surface area contributed by atoms with Crippen LogP contribution in [0.4, 0.5) is 21.9 Å². The molecule has 4 rings (SSSR count). The van der Waals surface area contributed by atoms with Crippen molar-refractivity contribution in [2.45, 2.75) is 13.8 Å². The number of barbiturate groups is 1. The molecule has 0 spiro atoms. The van der Waals surface area contributed by atoms with Gasteiger partial charge in [-0.15, -0.1) is 0 Å². The summed E-state index contributed by atoms with van der Waals surface area (Å²) in [6.45, 7) is 3.48. The summed E-state index contributed by atoms with van der Waals surface area (Å²) in [5.41, 5.74) is 2.11. The maximum Gasteiger partial charge on any atom is 0.335 e. The van der Waals surface area contributed by atoms with E-state index >= 15 is 0 Å². The van der Waals surface area contributed by atoms with Crippen LogP contribution in [0.3, 0.4) is 0 Å². The molecule has 11 heteroatoms.